The van der Waals surface area contributed by atoms with Crippen molar-refractivity contribution < 1.29 is 9.90 Å². The number of aromatic nitrogens is 3. The van der Waals surface area contributed by atoms with Gasteiger partial charge in [-0.15, -0.1) is 0 Å². The number of aliphatic hydroxyl groups excluding tert-OH is 1. The Morgan fingerprint density at radius 3 is 2.74 bits per heavy atom. The van der Waals surface area contributed by atoms with Crippen LogP contribution >= 0.6 is 0 Å². The maximum Gasteiger partial charge on any atom is 0.346 e. The smallest absolute Gasteiger partial charge is 0.346 e. The Kier molecular flexibility index (Phi) is 5.15. The standard InChI is InChI=1S/C16H26N4O3/c21-11-12-5-7-13(8-6-12)17-15(22)10-20-16(23)19-9-3-1-2-4-14(19)18-20/h12-13,21H,1-11H2,(H,17,22). The van der Waals surface area contributed by atoms with Crippen LogP contribution in [0.15, 0.2) is 4.79 Å². The third kappa shape index (κ3) is 3.83. The van der Waals surface area contributed by atoms with E-state index in [0.717, 1.165) is 57.2 Å². The minimum absolute atomic E-state index is 0.00123. The zero-order chi connectivity index (χ0) is 16.2. The summed E-state index contributed by atoms with van der Waals surface area (Å²) in [5.74, 6) is 1.03. The molecule has 0 spiro atoms. The van der Waals surface area contributed by atoms with E-state index < -0.39 is 0 Å². The molecule has 1 fully saturated rings. The predicted molar refractivity (Wildman–Crippen MR) is 85.0 cm³/mol. The Hall–Kier alpha value is -1.63. The van der Waals surface area contributed by atoms with Crippen LogP contribution in [-0.2, 0) is 24.3 Å². The molecule has 128 valence electrons. The lowest BCUT2D eigenvalue weighted by molar-refractivity contribution is -0.122. The van der Waals surface area contributed by atoms with Gasteiger partial charge < -0.3 is 10.4 Å². The molecule has 7 nitrogen and oxygen atoms in total. The third-order valence-electron chi connectivity index (χ3n) is 5.04. The molecule has 7 heteroatoms. The van der Waals surface area contributed by atoms with Crippen LogP contribution in [0.4, 0.5) is 0 Å². The Morgan fingerprint density at radius 2 is 2.00 bits per heavy atom. The monoisotopic (exact) mass is 322 g/mol. The van der Waals surface area contributed by atoms with Crippen molar-refractivity contribution in [3.63, 3.8) is 0 Å². The molecule has 3 rings (SSSR count). The second kappa shape index (κ2) is 7.29. The van der Waals surface area contributed by atoms with Crippen LogP contribution in [-0.4, -0.2) is 38.0 Å². The highest BCUT2D eigenvalue weighted by Gasteiger charge is 2.23. The quantitative estimate of drug-likeness (QED) is 0.842. The highest BCUT2D eigenvalue weighted by Crippen LogP contribution is 2.23. The van der Waals surface area contributed by atoms with Gasteiger partial charge in [0.1, 0.15) is 12.4 Å². The Balaban J connectivity index is 1.57. The number of aryl methyl sites for hydroxylation is 1. The molecule has 0 atom stereocenters. The topological polar surface area (TPSA) is 89.2 Å². The summed E-state index contributed by atoms with van der Waals surface area (Å²) >= 11 is 0. The van der Waals surface area contributed by atoms with Gasteiger partial charge in [0.2, 0.25) is 5.91 Å². The zero-order valence-corrected chi connectivity index (χ0v) is 13.5. The minimum atomic E-state index is -0.166. The van der Waals surface area contributed by atoms with E-state index in [1.807, 2.05) is 0 Å². The SMILES string of the molecule is O=C(Cn1nc2n(c1=O)CCCCC2)NC1CCC(CO)CC1. The fourth-order valence-electron chi connectivity index (χ4n) is 3.63. The Labute approximate surface area is 135 Å². The summed E-state index contributed by atoms with van der Waals surface area (Å²) in [6, 6.07) is 0.154. The van der Waals surface area contributed by atoms with Gasteiger partial charge in [0.05, 0.1) is 0 Å². The van der Waals surface area contributed by atoms with E-state index in [2.05, 4.69) is 10.4 Å². The molecule has 0 saturated heterocycles. The number of carbonyl (C=O) groups excluding carboxylic acids is 1. The lowest BCUT2D eigenvalue weighted by Crippen LogP contribution is -2.41. The van der Waals surface area contributed by atoms with Crippen molar-refractivity contribution in [1.82, 2.24) is 19.7 Å². The molecule has 23 heavy (non-hydrogen) atoms. The summed E-state index contributed by atoms with van der Waals surface area (Å²) in [6.07, 6.45) is 7.67. The molecular formula is C16H26N4O3. The van der Waals surface area contributed by atoms with E-state index in [4.69, 9.17) is 5.11 Å². The molecule has 1 aliphatic heterocycles. The number of nitrogens with zero attached hydrogens (tertiary/aromatic N) is 3. The normalized spacial score (nSPS) is 24.7. The van der Waals surface area contributed by atoms with E-state index in [0.29, 0.717) is 12.5 Å². The molecule has 1 saturated carbocycles. The molecule has 0 radical (unpaired) electrons. The predicted octanol–water partition coefficient (Wildman–Crippen LogP) is 0.438. The van der Waals surface area contributed by atoms with Crippen LogP contribution in [0.1, 0.15) is 50.8 Å². The molecule has 0 unspecified atom stereocenters. The number of fused-ring (bicyclic) bond motifs is 1. The van der Waals surface area contributed by atoms with Gasteiger partial charge in [0.15, 0.2) is 0 Å². The first-order valence-electron chi connectivity index (χ1n) is 8.74. The lowest BCUT2D eigenvalue weighted by Gasteiger charge is -2.27. The first kappa shape index (κ1) is 16.2. The molecule has 0 bridgehead atoms. The fraction of sp³-hybridized carbons (Fsp3) is 0.812. The van der Waals surface area contributed by atoms with Gasteiger partial charge in [0, 0.05) is 25.6 Å². The number of aliphatic hydroxyl groups is 1. The summed E-state index contributed by atoms with van der Waals surface area (Å²) in [6.45, 7) is 0.940. The van der Waals surface area contributed by atoms with E-state index in [1.165, 1.54) is 4.68 Å². The largest absolute Gasteiger partial charge is 0.396 e. The summed E-state index contributed by atoms with van der Waals surface area (Å²) in [5, 5.41) is 16.5. The first-order valence-corrected chi connectivity index (χ1v) is 8.74. The van der Waals surface area contributed by atoms with Crippen LogP contribution in [0.2, 0.25) is 0 Å². The van der Waals surface area contributed by atoms with Gasteiger partial charge in [-0.25, -0.2) is 9.48 Å². The molecule has 1 aliphatic carbocycles. The molecule has 0 aromatic carbocycles. The number of carbonyl (C=O) groups is 1. The van der Waals surface area contributed by atoms with Gasteiger partial charge in [0.25, 0.3) is 0 Å². The molecule has 2 N–H and O–H groups in total. The number of hydrogen-bond acceptors (Lipinski definition) is 4. The molecule has 1 aromatic rings. The van der Waals surface area contributed by atoms with Gasteiger partial charge in [-0.3, -0.25) is 9.36 Å². The van der Waals surface area contributed by atoms with Crippen molar-refractivity contribution >= 4 is 5.91 Å². The second-order valence-corrected chi connectivity index (χ2v) is 6.79. The van der Waals surface area contributed by atoms with Crippen molar-refractivity contribution in [3.05, 3.63) is 16.3 Å². The van der Waals surface area contributed by atoms with Gasteiger partial charge in [-0.05, 0) is 44.4 Å². The van der Waals surface area contributed by atoms with Crippen LogP contribution in [0.25, 0.3) is 0 Å². The highest BCUT2D eigenvalue weighted by molar-refractivity contribution is 5.75. The molecule has 1 aromatic heterocycles. The molecule has 2 heterocycles. The van der Waals surface area contributed by atoms with E-state index >= 15 is 0 Å². The molecular weight excluding hydrogens is 296 g/mol. The van der Waals surface area contributed by atoms with E-state index in [-0.39, 0.29) is 30.8 Å². The van der Waals surface area contributed by atoms with Crippen molar-refractivity contribution in [3.8, 4) is 0 Å². The maximum absolute atomic E-state index is 12.3. The van der Waals surface area contributed by atoms with Gasteiger partial charge in [-0.2, -0.15) is 5.10 Å². The van der Waals surface area contributed by atoms with Crippen LogP contribution in [0.3, 0.4) is 0 Å². The summed E-state index contributed by atoms with van der Waals surface area (Å²) in [7, 11) is 0. The van der Waals surface area contributed by atoms with Gasteiger partial charge >= 0.3 is 5.69 Å². The number of nitrogens with one attached hydrogen (secondary N) is 1. The average Bonchev–Trinajstić information content (AvgIpc) is 2.73. The number of rotatable bonds is 4. The summed E-state index contributed by atoms with van der Waals surface area (Å²) in [5.41, 5.74) is -0.166. The molecule has 1 amide bonds. The van der Waals surface area contributed by atoms with Crippen LogP contribution in [0.5, 0.6) is 0 Å². The fourth-order valence-corrected chi connectivity index (χ4v) is 3.63. The summed E-state index contributed by atoms with van der Waals surface area (Å²) in [4.78, 5) is 24.5. The summed E-state index contributed by atoms with van der Waals surface area (Å²) < 4.78 is 3.02. The molecule has 2 aliphatic rings. The van der Waals surface area contributed by atoms with Crippen molar-refractivity contribution in [2.24, 2.45) is 5.92 Å². The minimum Gasteiger partial charge on any atom is -0.396 e. The highest BCUT2D eigenvalue weighted by atomic mass is 16.3. The van der Waals surface area contributed by atoms with E-state index in [9.17, 15) is 9.59 Å². The maximum atomic E-state index is 12.3. The van der Waals surface area contributed by atoms with Crippen molar-refractivity contribution in [2.45, 2.75) is 70.5 Å². The average molecular weight is 322 g/mol. The number of hydrogen-bond donors (Lipinski definition) is 2. The van der Waals surface area contributed by atoms with Crippen molar-refractivity contribution in [2.75, 3.05) is 6.61 Å². The Bertz CT molecular complexity index is 599. The third-order valence-corrected chi connectivity index (χ3v) is 5.04. The van der Waals surface area contributed by atoms with Crippen LogP contribution in [0, 0.1) is 5.92 Å². The lowest BCUT2D eigenvalue weighted by atomic mass is 9.86. The number of amides is 1. The van der Waals surface area contributed by atoms with E-state index in [1.54, 1.807) is 4.57 Å². The van der Waals surface area contributed by atoms with Gasteiger partial charge in [-0.1, -0.05) is 6.42 Å². The van der Waals surface area contributed by atoms with Crippen molar-refractivity contribution in [1.29, 1.82) is 0 Å². The van der Waals surface area contributed by atoms with Crippen LogP contribution < -0.4 is 11.0 Å². The first-order chi connectivity index (χ1) is 11.2. The Morgan fingerprint density at radius 1 is 1.22 bits per heavy atom. The zero-order valence-electron chi connectivity index (χ0n) is 13.5. The second-order valence-electron chi connectivity index (χ2n) is 6.79.